The van der Waals surface area contributed by atoms with Crippen LogP contribution in [0.25, 0.3) is 11.0 Å². The van der Waals surface area contributed by atoms with Gasteiger partial charge in [0.2, 0.25) is 5.91 Å². The Labute approximate surface area is 127 Å². The predicted molar refractivity (Wildman–Crippen MR) is 80.7 cm³/mol. The summed E-state index contributed by atoms with van der Waals surface area (Å²) in [5.41, 5.74) is 2.92. The lowest BCUT2D eigenvalue weighted by atomic mass is 10.2. The lowest BCUT2D eigenvalue weighted by Crippen LogP contribution is -2.36. The molecule has 1 aromatic heterocycles. The van der Waals surface area contributed by atoms with E-state index in [0.29, 0.717) is 35.9 Å². The first kappa shape index (κ1) is 13.5. The first-order valence-electron chi connectivity index (χ1n) is 7.63. The van der Waals surface area contributed by atoms with Crippen LogP contribution in [-0.4, -0.2) is 42.5 Å². The average molecular weight is 302 g/mol. The molecule has 116 valence electrons. The van der Waals surface area contributed by atoms with Gasteiger partial charge in [-0.05, 0) is 34.8 Å². The molecule has 22 heavy (non-hydrogen) atoms. The van der Waals surface area contributed by atoms with E-state index >= 15 is 0 Å². The minimum Gasteiger partial charge on any atom is -0.378 e. The van der Waals surface area contributed by atoms with Crippen LogP contribution in [0.3, 0.4) is 0 Å². The Bertz CT molecular complexity index is 708. The standard InChI is InChI=1S/C15H18N4O3/c1-9-8-10(9)15(20)16-11-2-3-12(14-13(11)17-22-18-14)19-4-6-21-7-5-19/h2-3,9-10H,4-8H2,1H3,(H,16,20)/t9-,10-/m0/s1. The number of ether oxygens (including phenoxy) is 1. The third-order valence-electron chi connectivity index (χ3n) is 4.45. The molecule has 2 heterocycles. The van der Waals surface area contributed by atoms with Gasteiger partial charge in [0.05, 0.1) is 24.6 Å². The van der Waals surface area contributed by atoms with Crippen molar-refractivity contribution in [3.05, 3.63) is 12.1 Å². The highest BCUT2D eigenvalue weighted by Crippen LogP contribution is 2.39. The average Bonchev–Trinajstić information content (AvgIpc) is 3.08. The van der Waals surface area contributed by atoms with Crippen molar-refractivity contribution in [3.8, 4) is 0 Å². The third kappa shape index (κ3) is 2.31. The number of aromatic nitrogens is 2. The smallest absolute Gasteiger partial charge is 0.227 e. The molecule has 0 bridgehead atoms. The Balaban J connectivity index is 1.64. The number of benzene rings is 1. The molecule has 1 amide bonds. The maximum Gasteiger partial charge on any atom is 0.227 e. The van der Waals surface area contributed by atoms with E-state index < -0.39 is 0 Å². The first-order valence-corrected chi connectivity index (χ1v) is 7.63. The van der Waals surface area contributed by atoms with Crippen molar-refractivity contribution in [1.29, 1.82) is 0 Å². The van der Waals surface area contributed by atoms with Gasteiger partial charge in [0.1, 0.15) is 0 Å². The Kier molecular flexibility index (Phi) is 3.22. The van der Waals surface area contributed by atoms with Crippen molar-refractivity contribution in [1.82, 2.24) is 10.3 Å². The van der Waals surface area contributed by atoms with Gasteiger partial charge in [0.25, 0.3) is 0 Å². The second kappa shape index (κ2) is 5.24. The van der Waals surface area contributed by atoms with Gasteiger partial charge in [0.15, 0.2) is 11.0 Å². The molecule has 0 unspecified atom stereocenters. The van der Waals surface area contributed by atoms with Gasteiger partial charge in [-0.2, -0.15) is 0 Å². The van der Waals surface area contributed by atoms with Crippen LogP contribution in [0, 0.1) is 11.8 Å². The molecule has 7 nitrogen and oxygen atoms in total. The fourth-order valence-corrected chi connectivity index (χ4v) is 2.93. The second-order valence-corrected chi connectivity index (χ2v) is 6.00. The van der Waals surface area contributed by atoms with E-state index in [2.05, 4.69) is 27.5 Å². The molecule has 1 saturated carbocycles. The van der Waals surface area contributed by atoms with E-state index in [1.165, 1.54) is 0 Å². The number of carbonyl (C=O) groups excluding carboxylic acids is 1. The van der Waals surface area contributed by atoms with Crippen molar-refractivity contribution in [2.24, 2.45) is 11.8 Å². The largest absolute Gasteiger partial charge is 0.378 e. The highest BCUT2D eigenvalue weighted by molar-refractivity contribution is 6.04. The summed E-state index contributed by atoms with van der Waals surface area (Å²) < 4.78 is 10.3. The Morgan fingerprint density at radius 3 is 2.73 bits per heavy atom. The number of hydrogen-bond donors (Lipinski definition) is 1. The van der Waals surface area contributed by atoms with Gasteiger partial charge in [-0.15, -0.1) is 0 Å². The number of hydrogen-bond acceptors (Lipinski definition) is 6. The monoisotopic (exact) mass is 302 g/mol. The van der Waals surface area contributed by atoms with Crippen LogP contribution in [-0.2, 0) is 9.53 Å². The highest BCUT2D eigenvalue weighted by atomic mass is 16.6. The third-order valence-corrected chi connectivity index (χ3v) is 4.45. The zero-order valence-corrected chi connectivity index (χ0v) is 12.4. The van der Waals surface area contributed by atoms with E-state index in [4.69, 9.17) is 9.37 Å². The molecule has 0 spiro atoms. The molecule has 2 aromatic rings. The second-order valence-electron chi connectivity index (χ2n) is 6.00. The minimum atomic E-state index is 0.0518. The molecule has 4 rings (SSSR count). The van der Waals surface area contributed by atoms with Crippen LogP contribution >= 0.6 is 0 Å². The van der Waals surface area contributed by atoms with Crippen molar-refractivity contribution < 1.29 is 14.2 Å². The van der Waals surface area contributed by atoms with E-state index in [-0.39, 0.29) is 11.8 Å². The molecule has 1 aliphatic heterocycles. The number of amides is 1. The van der Waals surface area contributed by atoms with E-state index in [1.807, 2.05) is 12.1 Å². The van der Waals surface area contributed by atoms with E-state index in [1.54, 1.807) is 0 Å². The molecule has 1 aliphatic carbocycles. The summed E-state index contributed by atoms with van der Waals surface area (Å²) >= 11 is 0. The summed E-state index contributed by atoms with van der Waals surface area (Å²) in [4.78, 5) is 14.3. The first-order chi connectivity index (χ1) is 10.7. The van der Waals surface area contributed by atoms with E-state index in [0.717, 1.165) is 25.2 Å². The number of rotatable bonds is 3. The number of anilines is 2. The summed E-state index contributed by atoms with van der Waals surface area (Å²) in [6.45, 7) is 5.11. The molecular formula is C15H18N4O3. The van der Waals surface area contributed by atoms with Crippen LogP contribution in [0.15, 0.2) is 16.8 Å². The van der Waals surface area contributed by atoms with Crippen LogP contribution in [0.1, 0.15) is 13.3 Å². The van der Waals surface area contributed by atoms with Crippen LogP contribution in [0.5, 0.6) is 0 Å². The predicted octanol–water partition coefficient (Wildman–Crippen LogP) is 1.65. The molecular weight excluding hydrogens is 284 g/mol. The Morgan fingerprint density at radius 2 is 2.00 bits per heavy atom. The lowest BCUT2D eigenvalue weighted by Gasteiger charge is -2.28. The number of carbonyl (C=O) groups is 1. The summed E-state index contributed by atoms with van der Waals surface area (Å²) in [6.07, 6.45) is 0.956. The number of morpholine rings is 1. The van der Waals surface area contributed by atoms with Crippen molar-refractivity contribution in [2.75, 3.05) is 36.5 Å². The molecule has 1 aromatic carbocycles. The van der Waals surface area contributed by atoms with Gasteiger partial charge in [-0.3, -0.25) is 4.79 Å². The Hall–Kier alpha value is -2.15. The van der Waals surface area contributed by atoms with Crippen LogP contribution in [0.2, 0.25) is 0 Å². The molecule has 1 saturated heterocycles. The lowest BCUT2D eigenvalue weighted by molar-refractivity contribution is -0.117. The fourth-order valence-electron chi connectivity index (χ4n) is 2.93. The van der Waals surface area contributed by atoms with Gasteiger partial charge in [0, 0.05) is 19.0 Å². The summed E-state index contributed by atoms with van der Waals surface area (Å²) in [5.74, 6) is 0.642. The number of fused-ring (bicyclic) bond motifs is 1. The SMILES string of the molecule is C[C@H]1C[C@@H]1C(=O)Nc1ccc(N2CCOCC2)c2nonc12. The zero-order valence-electron chi connectivity index (χ0n) is 12.4. The number of nitrogens with zero attached hydrogens (tertiary/aromatic N) is 3. The molecule has 2 atom stereocenters. The quantitative estimate of drug-likeness (QED) is 0.928. The van der Waals surface area contributed by atoms with Gasteiger partial charge >= 0.3 is 0 Å². The van der Waals surface area contributed by atoms with Crippen molar-refractivity contribution >= 4 is 28.3 Å². The van der Waals surface area contributed by atoms with Gasteiger partial charge in [-0.1, -0.05) is 6.92 Å². The molecule has 2 aliphatic rings. The van der Waals surface area contributed by atoms with Crippen LogP contribution in [0.4, 0.5) is 11.4 Å². The summed E-state index contributed by atoms with van der Waals surface area (Å²) in [5, 5.41) is 10.9. The normalized spacial score (nSPS) is 24.5. The summed E-state index contributed by atoms with van der Waals surface area (Å²) in [7, 11) is 0. The molecule has 7 heteroatoms. The molecule has 0 radical (unpaired) electrons. The maximum atomic E-state index is 12.1. The van der Waals surface area contributed by atoms with Crippen molar-refractivity contribution in [3.63, 3.8) is 0 Å². The maximum absolute atomic E-state index is 12.1. The summed E-state index contributed by atoms with van der Waals surface area (Å²) in [6, 6.07) is 3.84. The number of nitrogens with one attached hydrogen (secondary N) is 1. The topological polar surface area (TPSA) is 80.5 Å². The van der Waals surface area contributed by atoms with Gasteiger partial charge < -0.3 is 15.0 Å². The minimum absolute atomic E-state index is 0.0518. The van der Waals surface area contributed by atoms with Crippen molar-refractivity contribution in [2.45, 2.75) is 13.3 Å². The molecule has 2 fully saturated rings. The zero-order chi connectivity index (χ0) is 15.1. The fraction of sp³-hybridized carbons (Fsp3) is 0.533. The van der Waals surface area contributed by atoms with E-state index in [9.17, 15) is 4.79 Å². The molecule has 1 N–H and O–H groups in total. The Morgan fingerprint density at radius 1 is 1.27 bits per heavy atom. The highest BCUT2D eigenvalue weighted by Gasteiger charge is 2.39. The van der Waals surface area contributed by atoms with Gasteiger partial charge in [-0.25, -0.2) is 4.63 Å². The van der Waals surface area contributed by atoms with Crippen LogP contribution < -0.4 is 10.2 Å².